The number of ether oxygens (including phenoxy) is 1. The predicted octanol–water partition coefficient (Wildman–Crippen LogP) is 3.65. The first kappa shape index (κ1) is 31.4. The third-order valence-corrected chi connectivity index (χ3v) is 8.51. The van der Waals surface area contributed by atoms with Gasteiger partial charge in [-0.05, 0) is 23.6 Å². The molecule has 4 heterocycles. The Balaban J connectivity index is 1.23. The average Bonchev–Trinajstić information content (AvgIpc) is 3.84. The number of nitrogens with one attached hydrogen (secondary N) is 2. The van der Waals surface area contributed by atoms with Crippen LogP contribution in [0.5, 0.6) is 0 Å². The number of aliphatic hydroxyl groups excluding tert-OH is 3. The number of hydrogen-bond donors (Lipinski definition) is 5. The molecule has 0 saturated carbocycles. The number of aliphatic hydroxyl groups is 3. The molecule has 0 spiro atoms. The van der Waals surface area contributed by atoms with Crippen LogP contribution in [0.25, 0.3) is 11.2 Å². The second-order valence-electron chi connectivity index (χ2n) is 11.7. The lowest BCUT2D eigenvalue weighted by Gasteiger charge is -2.20. The molecule has 13 heteroatoms. The number of anilines is 2. The van der Waals surface area contributed by atoms with Crippen LogP contribution in [0.1, 0.15) is 47.7 Å². The lowest BCUT2D eigenvalue weighted by molar-refractivity contribution is -0.0383. The Labute approximate surface area is 276 Å². The first-order chi connectivity index (χ1) is 23.5. The van der Waals surface area contributed by atoms with Crippen LogP contribution in [0.15, 0.2) is 104 Å². The molecule has 5 N–H and O–H groups in total. The minimum absolute atomic E-state index is 0.00842. The van der Waals surface area contributed by atoms with Gasteiger partial charge in [-0.2, -0.15) is 15.1 Å². The number of hydrogen-bond acceptors (Lipinski definition) is 11. The van der Waals surface area contributed by atoms with Crippen LogP contribution >= 0.6 is 0 Å². The van der Waals surface area contributed by atoms with E-state index >= 15 is 0 Å². The van der Waals surface area contributed by atoms with Crippen molar-refractivity contribution in [1.82, 2.24) is 34.3 Å². The molecule has 0 aliphatic carbocycles. The molecule has 3 aromatic carbocycles. The Bertz CT molecular complexity index is 1900. The molecule has 13 nitrogen and oxygen atoms in total. The number of aromatic nitrogens is 7. The smallest absolute Gasteiger partial charge is 0.228 e. The van der Waals surface area contributed by atoms with E-state index in [0.29, 0.717) is 36.5 Å². The monoisotopic (exact) mass is 647 g/mol. The highest BCUT2D eigenvalue weighted by Crippen LogP contribution is 2.39. The van der Waals surface area contributed by atoms with Crippen LogP contribution in [0.3, 0.4) is 0 Å². The SMILES string of the molecule is CCn1cnc([C@H]2O[C@@H](n3cnc4c(NCC(c5ccccc5)c5ccccc5)nc(N[C@H](O)Cc5ccccc5)nc43)[C@H](O)[C@@H]2O)n1. The summed E-state index contributed by atoms with van der Waals surface area (Å²) in [6.45, 7) is 3.01. The molecule has 0 bridgehead atoms. The highest BCUT2D eigenvalue weighted by molar-refractivity contribution is 5.84. The summed E-state index contributed by atoms with van der Waals surface area (Å²) in [5.74, 6) is 0.842. The largest absolute Gasteiger partial charge is 0.387 e. The van der Waals surface area contributed by atoms with Gasteiger partial charge >= 0.3 is 0 Å². The average molecular weight is 648 g/mol. The minimum atomic E-state index is -1.33. The van der Waals surface area contributed by atoms with Gasteiger partial charge in [0.05, 0.1) is 6.33 Å². The van der Waals surface area contributed by atoms with E-state index < -0.39 is 30.8 Å². The number of fused-ring (bicyclic) bond motifs is 1. The highest BCUT2D eigenvalue weighted by Gasteiger charge is 2.47. The van der Waals surface area contributed by atoms with Gasteiger partial charge in [0.15, 0.2) is 35.1 Å². The second-order valence-corrected chi connectivity index (χ2v) is 11.7. The Morgan fingerprint density at radius 2 is 1.50 bits per heavy atom. The van der Waals surface area contributed by atoms with Gasteiger partial charge in [-0.3, -0.25) is 9.25 Å². The van der Waals surface area contributed by atoms with Crippen molar-refractivity contribution in [3.63, 3.8) is 0 Å². The van der Waals surface area contributed by atoms with Crippen molar-refractivity contribution in [3.05, 3.63) is 126 Å². The Hall–Kier alpha value is -5.21. The number of benzene rings is 3. The number of aryl methyl sites for hydroxylation is 1. The van der Waals surface area contributed by atoms with E-state index in [1.54, 1.807) is 15.6 Å². The van der Waals surface area contributed by atoms with Gasteiger partial charge in [-0.1, -0.05) is 91.0 Å². The molecular weight excluding hydrogens is 610 g/mol. The van der Waals surface area contributed by atoms with Crippen molar-refractivity contribution in [2.24, 2.45) is 0 Å². The molecular formula is C35H37N9O4. The van der Waals surface area contributed by atoms with Gasteiger partial charge in [0.1, 0.15) is 24.8 Å². The zero-order chi connectivity index (χ0) is 33.0. The van der Waals surface area contributed by atoms with E-state index in [4.69, 9.17) is 14.7 Å². The van der Waals surface area contributed by atoms with Crippen LogP contribution in [-0.2, 0) is 17.7 Å². The van der Waals surface area contributed by atoms with Gasteiger partial charge in [0.25, 0.3) is 0 Å². The van der Waals surface area contributed by atoms with Crippen molar-refractivity contribution in [2.75, 3.05) is 17.2 Å². The summed E-state index contributed by atoms with van der Waals surface area (Å²) in [4.78, 5) is 18.4. The summed E-state index contributed by atoms with van der Waals surface area (Å²) in [5, 5.41) is 44.0. The normalized spacial score (nSPS) is 19.9. The fourth-order valence-electron chi connectivity index (χ4n) is 6.02. The third kappa shape index (κ3) is 6.49. The highest BCUT2D eigenvalue weighted by atomic mass is 16.6. The number of imidazole rings is 1. The summed E-state index contributed by atoms with van der Waals surface area (Å²) >= 11 is 0. The predicted molar refractivity (Wildman–Crippen MR) is 179 cm³/mol. The molecule has 246 valence electrons. The maximum Gasteiger partial charge on any atom is 0.228 e. The molecule has 0 unspecified atom stereocenters. The zero-order valence-electron chi connectivity index (χ0n) is 26.3. The van der Waals surface area contributed by atoms with Crippen LogP contribution in [-0.4, -0.2) is 74.6 Å². The summed E-state index contributed by atoms with van der Waals surface area (Å²) in [5.41, 5.74) is 3.97. The molecule has 1 aliphatic heterocycles. The maximum atomic E-state index is 11.2. The van der Waals surface area contributed by atoms with E-state index in [1.165, 1.54) is 6.33 Å². The molecule has 1 saturated heterocycles. The molecule has 48 heavy (non-hydrogen) atoms. The van der Waals surface area contributed by atoms with Gasteiger partial charge in [-0.25, -0.2) is 9.97 Å². The second kappa shape index (κ2) is 13.9. The summed E-state index contributed by atoms with van der Waals surface area (Å²) in [7, 11) is 0. The van der Waals surface area contributed by atoms with Crippen molar-refractivity contribution in [2.45, 2.75) is 56.6 Å². The lowest BCUT2D eigenvalue weighted by atomic mass is 9.91. The van der Waals surface area contributed by atoms with Crippen molar-refractivity contribution >= 4 is 22.9 Å². The summed E-state index contributed by atoms with van der Waals surface area (Å²) in [6, 6.07) is 30.0. The standard InChI is InChI=1S/C35H37N9O4/c1-2-43-20-38-32(42-43)30-28(46)29(47)34(48-30)44-21-37-27-31(36-19-25(23-14-8-4-9-15-23)24-16-10-5-11-17-24)40-35(41-33(27)44)39-26(45)18-22-12-6-3-7-13-22/h3-17,20-21,25-26,28-30,34,45-47H,2,18-19H2,1H3,(H2,36,39,40,41)/t26-,28+,29-,30+,34-/m1/s1. The van der Waals surface area contributed by atoms with Crippen LogP contribution < -0.4 is 10.6 Å². The van der Waals surface area contributed by atoms with Crippen LogP contribution in [0.4, 0.5) is 11.8 Å². The number of rotatable bonds is 12. The van der Waals surface area contributed by atoms with Gasteiger partial charge in [-0.15, -0.1) is 0 Å². The van der Waals surface area contributed by atoms with Crippen molar-refractivity contribution in [1.29, 1.82) is 0 Å². The van der Waals surface area contributed by atoms with E-state index in [9.17, 15) is 15.3 Å². The Morgan fingerprint density at radius 1 is 0.833 bits per heavy atom. The molecule has 6 aromatic rings. The van der Waals surface area contributed by atoms with E-state index in [0.717, 1.165) is 16.7 Å². The first-order valence-corrected chi connectivity index (χ1v) is 16.0. The van der Waals surface area contributed by atoms with Crippen LogP contribution in [0, 0.1) is 0 Å². The summed E-state index contributed by atoms with van der Waals surface area (Å²) in [6.07, 6.45) is -2.23. The van der Waals surface area contributed by atoms with E-state index in [2.05, 4.69) is 50.0 Å². The molecule has 0 radical (unpaired) electrons. The quantitative estimate of drug-likeness (QED) is 0.123. The van der Waals surface area contributed by atoms with Gasteiger partial charge in [0, 0.05) is 25.4 Å². The zero-order valence-corrected chi connectivity index (χ0v) is 26.3. The van der Waals surface area contributed by atoms with E-state index in [-0.39, 0.29) is 17.7 Å². The first-order valence-electron chi connectivity index (χ1n) is 16.0. The van der Waals surface area contributed by atoms with Crippen molar-refractivity contribution < 1.29 is 20.1 Å². The van der Waals surface area contributed by atoms with Gasteiger partial charge in [0.2, 0.25) is 5.95 Å². The van der Waals surface area contributed by atoms with E-state index in [1.807, 2.05) is 73.7 Å². The number of nitrogens with zero attached hydrogens (tertiary/aromatic N) is 7. The molecule has 0 amide bonds. The topological polar surface area (TPSA) is 168 Å². The lowest BCUT2D eigenvalue weighted by Crippen LogP contribution is -2.29. The molecule has 1 fully saturated rings. The maximum absolute atomic E-state index is 11.2. The fraction of sp³-hybridized carbons (Fsp3) is 0.286. The van der Waals surface area contributed by atoms with Crippen molar-refractivity contribution in [3.8, 4) is 0 Å². The Morgan fingerprint density at radius 3 is 2.15 bits per heavy atom. The summed E-state index contributed by atoms with van der Waals surface area (Å²) < 4.78 is 9.36. The minimum Gasteiger partial charge on any atom is -0.387 e. The molecule has 7 rings (SSSR count). The van der Waals surface area contributed by atoms with Crippen LogP contribution in [0.2, 0.25) is 0 Å². The molecule has 5 atom stereocenters. The third-order valence-electron chi connectivity index (χ3n) is 8.51. The Kier molecular flexibility index (Phi) is 9.07. The molecule has 1 aliphatic rings. The fourth-order valence-corrected chi connectivity index (χ4v) is 6.02. The molecule has 3 aromatic heterocycles. The van der Waals surface area contributed by atoms with Gasteiger partial charge < -0.3 is 30.7 Å².